The number of ether oxygens (including phenoxy) is 4. The minimum Gasteiger partial charge on any atom is -0.775 e. The van der Waals surface area contributed by atoms with Crippen molar-refractivity contribution in [2.24, 2.45) is 0 Å². The summed E-state index contributed by atoms with van der Waals surface area (Å²) in [5, 5.41) is 0.111. The molecule has 1 aliphatic rings. The Morgan fingerprint density at radius 1 is 0.464 bits per heavy atom. The maximum Gasteiger partial charge on any atom is 1.00 e. The molecule has 0 amide bonds. The minimum atomic E-state index is -4.43. The minimum absolute atomic E-state index is 0. The van der Waals surface area contributed by atoms with Gasteiger partial charge < -0.3 is 46.9 Å². The summed E-state index contributed by atoms with van der Waals surface area (Å²) in [5.41, 5.74) is 5.98. The van der Waals surface area contributed by atoms with Gasteiger partial charge in [-0.15, -0.1) is 0 Å². The molecule has 0 spiro atoms. The molecule has 0 saturated carbocycles. The average molecular weight is 857 g/mol. The standard InChI is InChI=1S/C42H54O10P2.2K/c1-7-17-49-39-29-13-11-14-30(39)22-34-26-38(54(45,46)48-6)28-36(42(34)52-20-10-4)24-32-16-12-15-31(40(32)50-18-8-2)23-35-27-37(53(43,44)47-5)25-33(21-29)41(35)51-19-9-3;;/h11-16,25-28H,7-10,17-24H2,1-6H3,(H,43,44)(H,45,46);;/q;2*+1/p-2. The fraction of sp³-hybridized carbons (Fsp3) is 0.429. The third-order valence-corrected chi connectivity index (χ3v) is 12.0. The van der Waals surface area contributed by atoms with Crippen LogP contribution in [0.2, 0.25) is 0 Å². The topological polar surface area (TPSA) is 136 Å². The van der Waals surface area contributed by atoms with Crippen molar-refractivity contribution in [2.45, 2.75) is 79.1 Å². The molecule has 4 aromatic carbocycles. The van der Waals surface area contributed by atoms with Crippen molar-refractivity contribution < 1.29 is 150 Å². The number of rotatable bonds is 16. The Balaban J connectivity index is 0.00000420. The first-order chi connectivity index (χ1) is 26.0. The zero-order valence-electron chi connectivity index (χ0n) is 34.2. The van der Waals surface area contributed by atoms with Crippen LogP contribution in [-0.2, 0) is 43.9 Å². The molecule has 292 valence electrons. The quantitative estimate of drug-likeness (QED) is 0.105. The van der Waals surface area contributed by atoms with Crippen LogP contribution in [0.15, 0.2) is 60.7 Å². The molecule has 2 unspecified atom stereocenters. The molecule has 0 saturated heterocycles. The summed E-state index contributed by atoms with van der Waals surface area (Å²) in [6, 6.07) is 18.3. The van der Waals surface area contributed by atoms with Gasteiger partial charge >= 0.3 is 103 Å². The summed E-state index contributed by atoms with van der Waals surface area (Å²) in [4.78, 5) is 26.7. The molecule has 56 heavy (non-hydrogen) atoms. The Kier molecular flexibility index (Phi) is 21.1. The van der Waals surface area contributed by atoms with Crippen molar-refractivity contribution in [1.29, 1.82) is 0 Å². The summed E-state index contributed by atoms with van der Waals surface area (Å²) in [5.74, 6) is 2.50. The average Bonchev–Trinajstić information content (AvgIpc) is 3.16. The van der Waals surface area contributed by atoms with Gasteiger partial charge in [0.2, 0.25) is 0 Å². The smallest absolute Gasteiger partial charge is 0.775 e. The van der Waals surface area contributed by atoms with Crippen LogP contribution in [0.4, 0.5) is 0 Å². The molecule has 0 N–H and O–H groups in total. The molecule has 0 heterocycles. The maximum absolute atomic E-state index is 13.4. The summed E-state index contributed by atoms with van der Waals surface area (Å²) in [6.45, 7) is 9.85. The van der Waals surface area contributed by atoms with Crippen molar-refractivity contribution in [2.75, 3.05) is 40.6 Å². The van der Waals surface area contributed by atoms with E-state index in [1.54, 1.807) is 24.3 Å². The Hall–Kier alpha value is -0.347. The third-order valence-electron chi connectivity index (χ3n) is 9.25. The van der Waals surface area contributed by atoms with Gasteiger partial charge in [0, 0.05) is 50.5 Å². The van der Waals surface area contributed by atoms with Gasteiger partial charge in [-0.1, -0.05) is 64.1 Å². The Labute approximate surface area is 417 Å². The van der Waals surface area contributed by atoms with Gasteiger partial charge in [0.05, 0.1) is 26.4 Å². The first-order valence-electron chi connectivity index (χ1n) is 18.8. The van der Waals surface area contributed by atoms with Gasteiger partial charge in [-0.05, 0) is 94.5 Å². The molecule has 14 heteroatoms. The second kappa shape index (κ2) is 23.6. The fourth-order valence-corrected chi connectivity index (χ4v) is 8.41. The van der Waals surface area contributed by atoms with Crippen LogP contribution in [0.3, 0.4) is 0 Å². The molecule has 2 atom stereocenters. The molecule has 10 nitrogen and oxygen atoms in total. The van der Waals surface area contributed by atoms with E-state index in [1.807, 2.05) is 64.1 Å². The Morgan fingerprint density at radius 2 is 0.696 bits per heavy atom. The first kappa shape index (κ1) is 50.0. The van der Waals surface area contributed by atoms with Crippen LogP contribution in [0, 0.1) is 0 Å². The van der Waals surface area contributed by atoms with Gasteiger partial charge in [-0.2, -0.15) is 0 Å². The van der Waals surface area contributed by atoms with Crippen molar-refractivity contribution >= 4 is 25.8 Å². The van der Waals surface area contributed by atoms with Gasteiger partial charge in [-0.3, -0.25) is 0 Å². The Bertz CT molecular complexity index is 1790. The first-order valence-corrected chi connectivity index (χ1v) is 21.9. The van der Waals surface area contributed by atoms with E-state index < -0.39 is 15.2 Å². The number of fused-ring (bicyclic) bond motifs is 8. The molecular formula is C42H52K2O10P2. The molecule has 5 rings (SSSR count). The van der Waals surface area contributed by atoms with Crippen LogP contribution in [-0.4, -0.2) is 40.6 Å². The van der Waals surface area contributed by atoms with E-state index in [9.17, 15) is 18.9 Å². The van der Waals surface area contributed by atoms with E-state index >= 15 is 0 Å². The van der Waals surface area contributed by atoms with E-state index in [0.717, 1.165) is 47.9 Å². The molecule has 0 aromatic heterocycles. The number of para-hydroxylation sites is 2. The Morgan fingerprint density at radius 3 is 0.911 bits per heavy atom. The van der Waals surface area contributed by atoms with E-state index in [2.05, 4.69) is 0 Å². The summed E-state index contributed by atoms with van der Waals surface area (Å²) in [7, 11) is -6.52. The van der Waals surface area contributed by atoms with Crippen LogP contribution in [0.1, 0.15) is 97.9 Å². The molecule has 0 fully saturated rings. The number of hydrogen-bond acceptors (Lipinski definition) is 10. The van der Waals surface area contributed by atoms with E-state index in [1.165, 1.54) is 14.2 Å². The second-order valence-corrected chi connectivity index (χ2v) is 17.2. The second-order valence-electron chi connectivity index (χ2n) is 13.5. The predicted octanol–water partition coefficient (Wildman–Crippen LogP) is 1.18. The van der Waals surface area contributed by atoms with Crippen LogP contribution in [0.5, 0.6) is 23.0 Å². The van der Waals surface area contributed by atoms with Gasteiger partial charge in [0.15, 0.2) is 15.2 Å². The van der Waals surface area contributed by atoms with E-state index in [0.29, 0.717) is 97.4 Å². The van der Waals surface area contributed by atoms with Crippen molar-refractivity contribution in [3.8, 4) is 23.0 Å². The number of hydrogen-bond donors (Lipinski definition) is 0. The molecule has 4 aromatic rings. The summed E-state index contributed by atoms with van der Waals surface area (Å²) >= 11 is 0. The van der Waals surface area contributed by atoms with E-state index in [4.69, 9.17) is 28.0 Å². The predicted molar refractivity (Wildman–Crippen MR) is 209 cm³/mol. The SMILES string of the molecule is CCCOc1c2cccc1Cc1cc(P(=O)([O-])OC)cc(c1OCCC)Cc1cccc(c1OCCC)Cc1cc(P(=O)([O-])OC)cc(c1OCCC)C2.[K+].[K+]. The molecule has 0 radical (unpaired) electrons. The third kappa shape index (κ3) is 12.4. The zero-order valence-corrected chi connectivity index (χ0v) is 42.3. The zero-order chi connectivity index (χ0) is 38.9. The van der Waals surface area contributed by atoms with Crippen LogP contribution in [0.25, 0.3) is 0 Å². The molecule has 0 aliphatic heterocycles. The van der Waals surface area contributed by atoms with Gasteiger partial charge in [0.1, 0.15) is 23.0 Å². The molecule has 1 aliphatic carbocycles. The van der Waals surface area contributed by atoms with Crippen molar-refractivity contribution in [3.05, 3.63) is 105 Å². The molecular weight excluding hydrogens is 805 g/mol. The van der Waals surface area contributed by atoms with Crippen LogP contribution < -0.4 is 142 Å². The summed E-state index contributed by atoms with van der Waals surface area (Å²) in [6.07, 6.45) is 4.17. The number of benzene rings is 4. The van der Waals surface area contributed by atoms with Crippen LogP contribution >= 0.6 is 15.2 Å². The molecule has 8 bridgehead atoms. The van der Waals surface area contributed by atoms with Gasteiger partial charge in [0.25, 0.3) is 0 Å². The van der Waals surface area contributed by atoms with Crippen molar-refractivity contribution in [1.82, 2.24) is 0 Å². The monoisotopic (exact) mass is 856 g/mol. The summed E-state index contributed by atoms with van der Waals surface area (Å²) < 4.78 is 62.8. The maximum atomic E-state index is 13.4. The fourth-order valence-electron chi connectivity index (χ4n) is 6.74. The largest absolute Gasteiger partial charge is 1.00 e. The van der Waals surface area contributed by atoms with Crippen molar-refractivity contribution in [3.63, 3.8) is 0 Å². The van der Waals surface area contributed by atoms with Gasteiger partial charge in [-0.25, -0.2) is 0 Å². The normalized spacial score (nSPS) is 14.3. The van der Waals surface area contributed by atoms with E-state index in [-0.39, 0.29) is 113 Å².